The number of nitrogens with one attached hydrogen (secondary N) is 3. The van der Waals surface area contributed by atoms with Gasteiger partial charge in [0.2, 0.25) is 10.0 Å². The number of ether oxygens (including phenoxy) is 1. The van der Waals surface area contributed by atoms with Crippen LogP contribution in [0.25, 0.3) is 0 Å². The minimum Gasteiger partial charge on any atom is -0.497 e. The van der Waals surface area contributed by atoms with Crippen LogP contribution in [0.5, 0.6) is 5.75 Å². The molecule has 2 amide bonds. The van der Waals surface area contributed by atoms with E-state index in [0.29, 0.717) is 17.2 Å². The molecule has 10 nitrogen and oxygen atoms in total. The van der Waals surface area contributed by atoms with Crippen LogP contribution in [0.4, 0.5) is 5.69 Å². The van der Waals surface area contributed by atoms with Crippen LogP contribution < -0.4 is 20.2 Å². The smallest absolute Gasteiger partial charge is 0.329 e. The highest BCUT2D eigenvalue weighted by Gasteiger charge is 2.15. The van der Waals surface area contributed by atoms with Crippen molar-refractivity contribution in [2.45, 2.75) is 11.4 Å². The zero-order valence-corrected chi connectivity index (χ0v) is 19.6. The second-order valence-corrected chi connectivity index (χ2v) is 9.15. The fourth-order valence-corrected chi connectivity index (χ4v) is 3.75. The maximum absolute atomic E-state index is 12.3. The van der Waals surface area contributed by atoms with Gasteiger partial charge in [-0.3, -0.25) is 9.59 Å². The number of carbonyl (C=O) groups is 2. The Morgan fingerprint density at radius 1 is 1.03 bits per heavy atom. The maximum atomic E-state index is 12.3. The molecule has 12 heteroatoms. The second-order valence-electron chi connectivity index (χ2n) is 6.46. The fraction of sp³-hybridized carbons (Fsp3) is 0.0952. The maximum Gasteiger partial charge on any atom is 0.329 e. The van der Waals surface area contributed by atoms with Gasteiger partial charge in [-0.15, -0.1) is 0 Å². The highest BCUT2D eigenvalue weighted by atomic mass is 79.9. The molecule has 0 fully saturated rings. The Labute approximate surface area is 198 Å². The number of halogens is 1. The third kappa shape index (κ3) is 7.00. The Kier molecular flexibility index (Phi) is 7.98. The van der Waals surface area contributed by atoms with E-state index in [2.05, 4.69) is 36.5 Å². The highest BCUT2D eigenvalue weighted by Crippen LogP contribution is 2.16. The molecule has 33 heavy (non-hydrogen) atoms. The van der Waals surface area contributed by atoms with Crippen molar-refractivity contribution in [2.24, 2.45) is 5.10 Å². The summed E-state index contributed by atoms with van der Waals surface area (Å²) in [5, 5.41) is 6.09. The lowest BCUT2D eigenvalue weighted by Crippen LogP contribution is -2.32. The van der Waals surface area contributed by atoms with E-state index in [9.17, 15) is 18.0 Å². The minimum atomic E-state index is -3.71. The number of hydrogen-bond donors (Lipinski definition) is 3. The molecule has 0 atom stereocenters. The Balaban J connectivity index is 1.49. The van der Waals surface area contributed by atoms with Gasteiger partial charge in [0, 0.05) is 10.2 Å². The first-order valence-corrected chi connectivity index (χ1v) is 11.7. The van der Waals surface area contributed by atoms with Crippen molar-refractivity contribution in [2.75, 3.05) is 12.4 Å². The molecule has 172 valence electrons. The lowest BCUT2D eigenvalue weighted by Gasteiger charge is -2.05. The highest BCUT2D eigenvalue weighted by molar-refractivity contribution is 9.10. The number of anilines is 1. The quantitative estimate of drug-likeness (QED) is 0.230. The summed E-state index contributed by atoms with van der Waals surface area (Å²) in [6.45, 7) is -0.0805. The number of carbonyl (C=O) groups excluding carboxylic acids is 2. The van der Waals surface area contributed by atoms with Crippen molar-refractivity contribution >= 4 is 49.7 Å². The molecule has 0 saturated heterocycles. The van der Waals surface area contributed by atoms with Gasteiger partial charge in [0.25, 0.3) is 0 Å². The number of sulfonamides is 1. The van der Waals surface area contributed by atoms with Crippen LogP contribution in [-0.4, -0.2) is 33.6 Å². The molecule has 3 aromatic rings. The third-order valence-corrected chi connectivity index (χ3v) is 6.10. The van der Waals surface area contributed by atoms with Crippen molar-refractivity contribution in [3.8, 4) is 5.75 Å². The Morgan fingerprint density at radius 3 is 2.39 bits per heavy atom. The van der Waals surface area contributed by atoms with E-state index in [0.717, 1.165) is 4.47 Å². The van der Waals surface area contributed by atoms with Crippen molar-refractivity contribution in [1.29, 1.82) is 0 Å². The number of furan rings is 1. The number of benzene rings is 2. The SMILES string of the molecule is COc1ccc(NC(=O)C(=O)N/N=C/c2ccc(CNS(=O)(=O)c3ccc(Br)cc3)o2)cc1. The van der Waals surface area contributed by atoms with Crippen LogP contribution in [0, 0.1) is 0 Å². The van der Waals surface area contributed by atoms with E-state index in [4.69, 9.17) is 9.15 Å². The first-order valence-electron chi connectivity index (χ1n) is 9.39. The monoisotopic (exact) mass is 534 g/mol. The van der Waals surface area contributed by atoms with Crippen LogP contribution >= 0.6 is 15.9 Å². The Hall–Kier alpha value is -3.48. The summed E-state index contributed by atoms with van der Waals surface area (Å²) in [6.07, 6.45) is 1.19. The van der Waals surface area contributed by atoms with Gasteiger partial charge in [-0.25, -0.2) is 18.6 Å². The van der Waals surface area contributed by atoms with Crippen LogP contribution in [0.15, 0.2) is 79.6 Å². The van der Waals surface area contributed by atoms with Crippen molar-refractivity contribution in [3.63, 3.8) is 0 Å². The zero-order valence-electron chi connectivity index (χ0n) is 17.2. The molecular formula is C21H19BrN4O6S. The van der Waals surface area contributed by atoms with Crippen molar-refractivity contribution in [1.82, 2.24) is 10.1 Å². The van der Waals surface area contributed by atoms with E-state index in [1.807, 2.05) is 0 Å². The lowest BCUT2D eigenvalue weighted by atomic mass is 10.3. The average molecular weight is 535 g/mol. The van der Waals surface area contributed by atoms with Crippen LogP contribution in [-0.2, 0) is 26.2 Å². The number of nitrogens with zero attached hydrogens (tertiary/aromatic N) is 1. The summed E-state index contributed by atoms with van der Waals surface area (Å²) in [4.78, 5) is 23.9. The van der Waals surface area contributed by atoms with Gasteiger partial charge in [-0.2, -0.15) is 5.10 Å². The van der Waals surface area contributed by atoms with Gasteiger partial charge in [0.15, 0.2) is 0 Å². The van der Waals surface area contributed by atoms with Gasteiger partial charge >= 0.3 is 11.8 Å². The summed E-state index contributed by atoms with van der Waals surface area (Å²) in [5.74, 6) is -0.679. The summed E-state index contributed by atoms with van der Waals surface area (Å²) < 4.78 is 38.3. The molecule has 0 aliphatic rings. The number of rotatable bonds is 8. The summed E-state index contributed by atoms with van der Waals surface area (Å²) in [6, 6.07) is 15.7. The Bertz CT molecular complexity index is 1250. The van der Waals surface area contributed by atoms with Gasteiger partial charge < -0.3 is 14.5 Å². The van der Waals surface area contributed by atoms with E-state index >= 15 is 0 Å². The number of hydrogen-bond acceptors (Lipinski definition) is 7. The first kappa shape index (κ1) is 24.2. The normalized spacial score (nSPS) is 11.3. The molecule has 2 aromatic carbocycles. The molecule has 0 saturated carbocycles. The summed E-state index contributed by atoms with van der Waals surface area (Å²) >= 11 is 3.25. The first-order chi connectivity index (χ1) is 15.8. The number of methoxy groups -OCH3 is 1. The van der Waals surface area contributed by atoms with Crippen LogP contribution in [0.2, 0.25) is 0 Å². The zero-order chi connectivity index (χ0) is 23.8. The van der Waals surface area contributed by atoms with Crippen molar-refractivity contribution in [3.05, 3.63) is 76.7 Å². The van der Waals surface area contributed by atoms with Gasteiger partial charge in [0.05, 0.1) is 24.8 Å². The van der Waals surface area contributed by atoms with Gasteiger partial charge in [-0.1, -0.05) is 15.9 Å². The second kappa shape index (κ2) is 10.9. The topological polar surface area (TPSA) is 139 Å². The van der Waals surface area contributed by atoms with E-state index in [1.165, 1.54) is 31.5 Å². The van der Waals surface area contributed by atoms with E-state index < -0.39 is 21.8 Å². The Morgan fingerprint density at radius 2 is 1.73 bits per heavy atom. The van der Waals surface area contributed by atoms with Gasteiger partial charge in [-0.05, 0) is 60.7 Å². The third-order valence-electron chi connectivity index (χ3n) is 4.15. The standard InChI is InChI=1S/C21H19BrN4O6S/c1-31-16-6-4-15(5-7-16)25-20(27)21(28)26-23-12-17-8-9-18(32-17)13-24-33(29,30)19-10-2-14(22)3-11-19/h2-12,24H,13H2,1H3,(H,25,27)(H,26,28)/b23-12+. The number of hydrazone groups is 1. The lowest BCUT2D eigenvalue weighted by molar-refractivity contribution is -0.136. The van der Waals surface area contributed by atoms with Crippen molar-refractivity contribution < 1.29 is 27.2 Å². The molecule has 0 spiro atoms. The average Bonchev–Trinajstić information content (AvgIpc) is 3.26. The molecule has 3 rings (SSSR count). The fourth-order valence-electron chi connectivity index (χ4n) is 2.49. The molecule has 0 unspecified atom stereocenters. The van der Waals surface area contributed by atoms with Crippen LogP contribution in [0.3, 0.4) is 0 Å². The van der Waals surface area contributed by atoms with Crippen LogP contribution in [0.1, 0.15) is 11.5 Å². The molecule has 0 aliphatic carbocycles. The summed E-state index contributed by atoms with van der Waals surface area (Å²) in [5.41, 5.74) is 2.50. The van der Waals surface area contributed by atoms with Gasteiger partial charge in [0.1, 0.15) is 17.3 Å². The van der Waals surface area contributed by atoms with E-state index in [1.54, 1.807) is 42.5 Å². The summed E-state index contributed by atoms with van der Waals surface area (Å²) in [7, 11) is -2.19. The molecule has 0 radical (unpaired) electrons. The largest absolute Gasteiger partial charge is 0.497 e. The molecule has 0 bridgehead atoms. The van der Waals surface area contributed by atoms with E-state index in [-0.39, 0.29) is 17.2 Å². The molecule has 1 heterocycles. The number of amides is 2. The minimum absolute atomic E-state index is 0.0805. The predicted octanol–water partition coefficient (Wildman–Crippen LogP) is 2.62. The molecule has 1 aromatic heterocycles. The molecule has 0 aliphatic heterocycles. The predicted molar refractivity (Wildman–Crippen MR) is 124 cm³/mol. The molecular weight excluding hydrogens is 516 g/mol. The molecule has 3 N–H and O–H groups in total.